The van der Waals surface area contributed by atoms with Crippen molar-refractivity contribution in [2.24, 2.45) is 0 Å². The van der Waals surface area contributed by atoms with E-state index < -0.39 is 17.9 Å². The first-order valence-electron chi connectivity index (χ1n) is 7.71. The average Bonchev–Trinajstić information content (AvgIpc) is 2.65. The number of aryl methyl sites for hydroxylation is 1. The summed E-state index contributed by atoms with van der Waals surface area (Å²) < 4.78 is 9.90. The minimum atomic E-state index is -0.671. The highest BCUT2D eigenvalue weighted by atomic mass is 16.5. The fraction of sp³-hybridized carbons (Fsp3) is 0.167. The second-order valence-corrected chi connectivity index (χ2v) is 5.30. The number of carbonyl (C=O) groups is 3. The van der Waals surface area contributed by atoms with E-state index >= 15 is 0 Å². The van der Waals surface area contributed by atoms with Gasteiger partial charge in [-0.25, -0.2) is 15.0 Å². The highest BCUT2D eigenvalue weighted by Gasteiger charge is 2.09. The number of hydrazine groups is 1. The molecule has 0 aliphatic heterocycles. The number of hydrogen-bond donors (Lipinski definition) is 3. The van der Waals surface area contributed by atoms with E-state index in [9.17, 15) is 14.4 Å². The van der Waals surface area contributed by atoms with Crippen LogP contribution in [-0.4, -0.2) is 31.6 Å². The molecule has 136 valence electrons. The van der Waals surface area contributed by atoms with Gasteiger partial charge in [0.05, 0.1) is 12.7 Å². The van der Waals surface area contributed by atoms with Crippen LogP contribution in [0.25, 0.3) is 0 Å². The molecule has 2 aromatic carbocycles. The second kappa shape index (κ2) is 9.07. The number of amides is 3. The number of urea groups is 1. The first-order valence-corrected chi connectivity index (χ1v) is 7.71. The number of hydrogen-bond acceptors (Lipinski definition) is 5. The lowest BCUT2D eigenvalue weighted by Crippen LogP contribution is -2.45. The molecule has 3 N–H and O–H groups in total. The van der Waals surface area contributed by atoms with Gasteiger partial charge >= 0.3 is 12.0 Å². The molecule has 0 aromatic heterocycles. The minimum absolute atomic E-state index is 0.249. The number of carbonyl (C=O) groups excluding carboxylic acids is 3. The topological polar surface area (TPSA) is 106 Å². The predicted octanol–water partition coefficient (Wildman–Crippen LogP) is 2.01. The molecule has 0 saturated carbocycles. The molecule has 0 aliphatic carbocycles. The van der Waals surface area contributed by atoms with Gasteiger partial charge in [0.2, 0.25) is 0 Å². The Labute approximate surface area is 150 Å². The van der Waals surface area contributed by atoms with Crippen LogP contribution in [0.2, 0.25) is 0 Å². The van der Waals surface area contributed by atoms with Gasteiger partial charge in [-0.1, -0.05) is 23.8 Å². The summed E-state index contributed by atoms with van der Waals surface area (Å²) in [5, 5.41) is 2.48. The van der Waals surface area contributed by atoms with E-state index in [2.05, 4.69) is 20.9 Å². The number of nitrogens with one attached hydrogen (secondary N) is 3. The Morgan fingerprint density at radius 3 is 2.42 bits per heavy atom. The number of methoxy groups -OCH3 is 1. The van der Waals surface area contributed by atoms with Gasteiger partial charge in [0.1, 0.15) is 5.75 Å². The first kappa shape index (κ1) is 18.8. The number of ether oxygens (including phenoxy) is 2. The maximum absolute atomic E-state index is 11.8. The quantitative estimate of drug-likeness (QED) is 0.561. The van der Waals surface area contributed by atoms with Crippen LogP contribution in [0, 0.1) is 6.92 Å². The van der Waals surface area contributed by atoms with Crippen molar-refractivity contribution in [1.82, 2.24) is 10.9 Å². The van der Waals surface area contributed by atoms with Gasteiger partial charge in [-0.2, -0.15) is 0 Å². The number of rotatable bonds is 5. The highest BCUT2D eigenvalue weighted by molar-refractivity contribution is 5.94. The normalized spacial score (nSPS) is 9.77. The summed E-state index contributed by atoms with van der Waals surface area (Å²) in [5.41, 5.74) is 6.15. The predicted molar refractivity (Wildman–Crippen MR) is 94.8 cm³/mol. The first-order chi connectivity index (χ1) is 12.5. The zero-order valence-electron chi connectivity index (χ0n) is 14.4. The van der Waals surface area contributed by atoms with Crippen molar-refractivity contribution in [2.45, 2.75) is 6.92 Å². The molecule has 0 saturated heterocycles. The lowest BCUT2D eigenvalue weighted by Gasteiger charge is -2.10. The number of benzene rings is 2. The highest BCUT2D eigenvalue weighted by Crippen LogP contribution is 2.12. The Balaban J connectivity index is 1.76. The molecular weight excluding hydrogens is 338 g/mol. The third-order valence-corrected chi connectivity index (χ3v) is 3.25. The average molecular weight is 357 g/mol. The molecular formula is C18H19N3O5. The van der Waals surface area contributed by atoms with Crippen LogP contribution < -0.4 is 20.9 Å². The summed E-state index contributed by atoms with van der Waals surface area (Å²) in [5.74, 6) is -0.491. The molecule has 0 radical (unpaired) electrons. The fourth-order valence-corrected chi connectivity index (χ4v) is 1.95. The number of esters is 1. The lowest BCUT2D eigenvalue weighted by molar-refractivity contribution is -0.123. The summed E-state index contributed by atoms with van der Waals surface area (Å²) >= 11 is 0. The Morgan fingerprint density at radius 1 is 1.00 bits per heavy atom. The summed E-state index contributed by atoms with van der Waals surface area (Å²) in [4.78, 5) is 34.9. The standard InChI is InChI=1S/C18H19N3O5/c1-12-6-8-15(9-7-12)26-11-16(22)20-21-18(24)19-14-5-3-4-13(10-14)17(23)25-2/h3-10H,11H2,1-2H3,(H,20,22)(H2,19,21,24). The Morgan fingerprint density at radius 2 is 1.73 bits per heavy atom. The zero-order chi connectivity index (χ0) is 18.9. The van der Waals surface area contributed by atoms with E-state index in [4.69, 9.17) is 4.74 Å². The van der Waals surface area contributed by atoms with E-state index in [-0.39, 0.29) is 6.61 Å². The van der Waals surface area contributed by atoms with Crippen LogP contribution in [0.5, 0.6) is 5.75 Å². The van der Waals surface area contributed by atoms with Gasteiger partial charge < -0.3 is 14.8 Å². The van der Waals surface area contributed by atoms with E-state index in [0.29, 0.717) is 17.0 Å². The minimum Gasteiger partial charge on any atom is -0.484 e. The molecule has 0 atom stereocenters. The summed E-state index contributed by atoms with van der Waals surface area (Å²) in [6, 6.07) is 12.7. The van der Waals surface area contributed by atoms with Crippen LogP contribution in [0.15, 0.2) is 48.5 Å². The molecule has 8 heteroatoms. The molecule has 0 aliphatic rings. The summed E-state index contributed by atoms with van der Waals surface area (Å²) in [6.07, 6.45) is 0. The largest absolute Gasteiger partial charge is 0.484 e. The van der Waals surface area contributed by atoms with Crippen molar-refractivity contribution in [3.63, 3.8) is 0 Å². The van der Waals surface area contributed by atoms with Crippen LogP contribution in [-0.2, 0) is 9.53 Å². The van der Waals surface area contributed by atoms with E-state index in [1.165, 1.54) is 13.2 Å². The van der Waals surface area contributed by atoms with E-state index in [1.807, 2.05) is 19.1 Å². The van der Waals surface area contributed by atoms with Gasteiger partial charge in [-0.3, -0.25) is 10.2 Å². The molecule has 0 heterocycles. The molecule has 8 nitrogen and oxygen atoms in total. The second-order valence-electron chi connectivity index (χ2n) is 5.30. The molecule has 3 amide bonds. The van der Waals surface area contributed by atoms with Gasteiger partial charge in [0.15, 0.2) is 6.61 Å². The van der Waals surface area contributed by atoms with Gasteiger partial charge in [0.25, 0.3) is 5.91 Å². The molecule has 0 bridgehead atoms. The summed E-state index contributed by atoms with van der Waals surface area (Å²) in [7, 11) is 1.27. The van der Waals surface area contributed by atoms with Crippen molar-refractivity contribution in [3.05, 3.63) is 59.7 Å². The molecule has 2 rings (SSSR count). The van der Waals surface area contributed by atoms with Crippen molar-refractivity contribution in [1.29, 1.82) is 0 Å². The lowest BCUT2D eigenvalue weighted by atomic mass is 10.2. The Bertz CT molecular complexity index is 790. The molecule has 0 spiro atoms. The molecule has 0 unspecified atom stereocenters. The SMILES string of the molecule is COC(=O)c1cccc(NC(=O)NNC(=O)COc2ccc(C)cc2)c1. The van der Waals surface area contributed by atoms with Crippen molar-refractivity contribution in [3.8, 4) is 5.75 Å². The smallest absolute Gasteiger partial charge is 0.337 e. The van der Waals surface area contributed by atoms with Crippen molar-refractivity contribution >= 4 is 23.6 Å². The van der Waals surface area contributed by atoms with Crippen LogP contribution in [0.1, 0.15) is 15.9 Å². The maximum atomic E-state index is 11.8. The van der Waals surface area contributed by atoms with Gasteiger partial charge in [0, 0.05) is 5.69 Å². The third kappa shape index (κ3) is 5.82. The zero-order valence-corrected chi connectivity index (χ0v) is 14.4. The maximum Gasteiger partial charge on any atom is 0.337 e. The monoisotopic (exact) mass is 357 g/mol. The van der Waals surface area contributed by atoms with Gasteiger partial charge in [-0.05, 0) is 37.3 Å². The van der Waals surface area contributed by atoms with Crippen molar-refractivity contribution in [2.75, 3.05) is 19.0 Å². The van der Waals surface area contributed by atoms with Crippen LogP contribution >= 0.6 is 0 Å². The van der Waals surface area contributed by atoms with Crippen LogP contribution in [0.4, 0.5) is 10.5 Å². The molecule has 0 fully saturated rings. The fourth-order valence-electron chi connectivity index (χ4n) is 1.95. The Kier molecular flexibility index (Phi) is 6.55. The third-order valence-electron chi connectivity index (χ3n) is 3.25. The van der Waals surface area contributed by atoms with E-state index in [0.717, 1.165) is 5.56 Å². The van der Waals surface area contributed by atoms with Gasteiger partial charge in [-0.15, -0.1) is 0 Å². The molecule has 2 aromatic rings. The van der Waals surface area contributed by atoms with E-state index in [1.54, 1.807) is 30.3 Å². The number of anilines is 1. The summed E-state index contributed by atoms with van der Waals surface area (Å²) in [6.45, 7) is 1.70. The Hall–Kier alpha value is -3.55. The molecule has 26 heavy (non-hydrogen) atoms. The van der Waals surface area contributed by atoms with Crippen LogP contribution in [0.3, 0.4) is 0 Å². The van der Waals surface area contributed by atoms with Crippen molar-refractivity contribution < 1.29 is 23.9 Å².